The van der Waals surface area contributed by atoms with E-state index in [9.17, 15) is 14.4 Å². The minimum Gasteiger partial charge on any atom is -0.486 e. The van der Waals surface area contributed by atoms with Crippen molar-refractivity contribution in [2.24, 2.45) is 7.05 Å². The molecular weight excluding hydrogens is 378 g/mol. The van der Waals surface area contributed by atoms with Crippen molar-refractivity contribution in [1.82, 2.24) is 14.9 Å². The lowest BCUT2D eigenvalue weighted by atomic mass is 10.2. The van der Waals surface area contributed by atoms with Crippen molar-refractivity contribution in [3.8, 4) is 5.75 Å². The molecule has 1 N–H and O–H groups in total. The zero-order valence-electron chi connectivity index (χ0n) is 14.8. The Kier molecular flexibility index (Phi) is 4.70. The van der Waals surface area contributed by atoms with Crippen LogP contribution in [0.15, 0.2) is 58.2 Å². The smallest absolute Gasteiger partial charge is 0.290 e. The number of benzene rings is 2. The van der Waals surface area contributed by atoms with Gasteiger partial charge in [-0.3, -0.25) is 19.7 Å². The van der Waals surface area contributed by atoms with Crippen LogP contribution in [-0.2, 0) is 18.4 Å². The molecule has 0 aliphatic carbocycles. The normalized spacial score (nSPS) is 15.2. The number of aromatic nitrogens is 2. The molecule has 0 bridgehead atoms. The van der Waals surface area contributed by atoms with E-state index in [-0.39, 0.29) is 17.4 Å². The van der Waals surface area contributed by atoms with E-state index in [1.807, 2.05) is 29.8 Å². The number of thioether (sulfide) groups is 1. The van der Waals surface area contributed by atoms with E-state index in [0.717, 1.165) is 22.8 Å². The van der Waals surface area contributed by atoms with Gasteiger partial charge in [0.05, 0.1) is 15.8 Å². The molecule has 2 heterocycles. The number of rotatable bonds is 4. The molecule has 4 rings (SSSR count). The van der Waals surface area contributed by atoms with Crippen LogP contribution in [0.25, 0.3) is 17.0 Å². The second-order valence-electron chi connectivity index (χ2n) is 6.12. The molecule has 0 radical (unpaired) electrons. The summed E-state index contributed by atoms with van der Waals surface area (Å²) in [5.41, 5.74) is 1.29. The van der Waals surface area contributed by atoms with Gasteiger partial charge < -0.3 is 9.30 Å². The van der Waals surface area contributed by atoms with E-state index in [4.69, 9.17) is 4.74 Å². The zero-order valence-corrected chi connectivity index (χ0v) is 15.7. The van der Waals surface area contributed by atoms with E-state index >= 15 is 0 Å². The highest BCUT2D eigenvalue weighted by Crippen LogP contribution is 2.26. The van der Waals surface area contributed by atoms with Gasteiger partial charge in [-0.25, -0.2) is 0 Å². The summed E-state index contributed by atoms with van der Waals surface area (Å²) >= 11 is 0.874. The standard InChI is InChI=1S/C20H15N3O4S/c1-23-15-5-3-2-4-14(15)18(24)21-17(23)11-27-13-8-6-12(7-9-13)10-16-19(25)22-20(26)28-16/h2-10H,11H2,1H3,(H,22,25,26)/b16-10-. The maximum atomic E-state index is 12.2. The monoisotopic (exact) mass is 393 g/mol. The van der Waals surface area contributed by atoms with E-state index in [2.05, 4.69) is 10.3 Å². The SMILES string of the molecule is Cn1c(COc2ccc(/C=C3\SC(=O)NC3=O)cc2)nc(=O)c2ccccc21. The van der Waals surface area contributed by atoms with Crippen LogP contribution >= 0.6 is 11.8 Å². The number of amides is 2. The minimum absolute atomic E-state index is 0.143. The number of nitrogens with one attached hydrogen (secondary N) is 1. The van der Waals surface area contributed by atoms with Crippen LogP contribution in [0.1, 0.15) is 11.4 Å². The van der Waals surface area contributed by atoms with Gasteiger partial charge in [0.2, 0.25) is 0 Å². The highest BCUT2D eigenvalue weighted by atomic mass is 32.2. The van der Waals surface area contributed by atoms with Gasteiger partial charge in [-0.2, -0.15) is 4.98 Å². The highest BCUT2D eigenvalue weighted by Gasteiger charge is 2.24. The Morgan fingerprint density at radius 2 is 1.86 bits per heavy atom. The third-order valence-electron chi connectivity index (χ3n) is 4.30. The molecule has 8 heteroatoms. The van der Waals surface area contributed by atoms with Gasteiger partial charge in [0, 0.05) is 7.05 Å². The molecular formula is C20H15N3O4S. The summed E-state index contributed by atoms with van der Waals surface area (Å²) in [6.07, 6.45) is 1.64. The van der Waals surface area contributed by atoms with Gasteiger partial charge in [0.1, 0.15) is 12.4 Å². The van der Waals surface area contributed by atoms with Crippen molar-refractivity contribution < 1.29 is 14.3 Å². The molecule has 1 aromatic heterocycles. The molecule has 140 valence electrons. The summed E-state index contributed by atoms with van der Waals surface area (Å²) in [5.74, 6) is 0.732. The maximum absolute atomic E-state index is 12.2. The van der Waals surface area contributed by atoms with E-state index < -0.39 is 5.91 Å². The lowest BCUT2D eigenvalue weighted by molar-refractivity contribution is -0.115. The van der Waals surface area contributed by atoms with E-state index in [1.54, 1.807) is 36.4 Å². The van der Waals surface area contributed by atoms with Crippen LogP contribution in [0.5, 0.6) is 5.75 Å². The van der Waals surface area contributed by atoms with Gasteiger partial charge in [-0.15, -0.1) is 0 Å². The largest absolute Gasteiger partial charge is 0.486 e. The summed E-state index contributed by atoms with van der Waals surface area (Å²) in [6.45, 7) is 0.143. The first-order chi connectivity index (χ1) is 13.5. The molecule has 2 amide bonds. The van der Waals surface area contributed by atoms with Crippen molar-refractivity contribution >= 4 is 39.9 Å². The number of aryl methyl sites for hydroxylation is 1. The molecule has 0 saturated carbocycles. The lowest BCUT2D eigenvalue weighted by Gasteiger charge is -2.12. The van der Waals surface area contributed by atoms with E-state index in [0.29, 0.717) is 21.9 Å². The topological polar surface area (TPSA) is 90.3 Å². The fourth-order valence-corrected chi connectivity index (χ4v) is 3.53. The number of nitrogens with zero attached hydrogens (tertiary/aromatic N) is 2. The first-order valence-corrected chi connectivity index (χ1v) is 9.25. The fourth-order valence-electron chi connectivity index (χ4n) is 2.85. The zero-order chi connectivity index (χ0) is 19.7. The Morgan fingerprint density at radius 1 is 1.11 bits per heavy atom. The lowest BCUT2D eigenvalue weighted by Crippen LogP contribution is -2.18. The molecule has 0 unspecified atom stereocenters. The molecule has 28 heavy (non-hydrogen) atoms. The van der Waals surface area contributed by atoms with Crippen molar-refractivity contribution in [3.05, 3.63) is 75.2 Å². The Bertz CT molecular complexity index is 1180. The number of fused-ring (bicyclic) bond motifs is 1. The van der Waals surface area contributed by atoms with Gasteiger partial charge in [-0.05, 0) is 47.7 Å². The number of carbonyl (C=O) groups is 2. The molecule has 0 atom stereocenters. The van der Waals surface area contributed by atoms with Crippen molar-refractivity contribution in [2.45, 2.75) is 6.61 Å². The van der Waals surface area contributed by atoms with Crippen LogP contribution < -0.4 is 15.6 Å². The summed E-state index contributed by atoms with van der Waals surface area (Å²) < 4.78 is 7.59. The predicted octanol–water partition coefficient (Wildman–Crippen LogP) is 2.84. The van der Waals surface area contributed by atoms with Crippen LogP contribution in [0, 0.1) is 0 Å². The average molecular weight is 393 g/mol. The van der Waals surface area contributed by atoms with Crippen molar-refractivity contribution in [1.29, 1.82) is 0 Å². The molecule has 3 aromatic rings. The second kappa shape index (κ2) is 7.32. The molecule has 0 spiro atoms. The predicted molar refractivity (Wildman–Crippen MR) is 107 cm³/mol. The Balaban J connectivity index is 1.50. The summed E-state index contributed by atoms with van der Waals surface area (Å²) in [5, 5.41) is 2.41. The number of hydrogen-bond donors (Lipinski definition) is 1. The Hall–Kier alpha value is -3.39. The van der Waals surface area contributed by atoms with Crippen molar-refractivity contribution in [3.63, 3.8) is 0 Å². The Morgan fingerprint density at radius 3 is 2.57 bits per heavy atom. The third kappa shape index (κ3) is 3.54. The number of imide groups is 1. The Labute approximate surface area is 164 Å². The molecule has 7 nitrogen and oxygen atoms in total. The summed E-state index contributed by atoms with van der Waals surface area (Å²) in [7, 11) is 1.84. The molecule has 1 aliphatic heterocycles. The summed E-state index contributed by atoms with van der Waals surface area (Å²) in [6, 6.07) is 14.4. The van der Waals surface area contributed by atoms with Gasteiger partial charge in [-0.1, -0.05) is 24.3 Å². The first-order valence-electron chi connectivity index (χ1n) is 8.43. The number of hydrogen-bond acceptors (Lipinski definition) is 6. The molecule has 1 fully saturated rings. The van der Waals surface area contributed by atoms with Crippen LogP contribution in [0.4, 0.5) is 4.79 Å². The quantitative estimate of drug-likeness (QED) is 0.686. The van der Waals surface area contributed by atoms with E-state index in [1.165, 1.54) is 0 Å². The fraction of sp³-hybridized carbons (Fsp3) is 0.100. The molecule has 2 aromatic carbocycles. The van der Waals surface area contributed by atoms with Crippen LogP contribution in [0.2, 0.25) is 0 Å². The van der Waals surface area contributed by atoms with Gasteiger partial charge >= 0.3 is 0 Å². The maximum Gasteiger partial charge on any atom is 0.290 e. The number of ether oxygens (including phenoxy) is 1. The van der Waals surface area contributed by atoms with Crippen LogP contribution in [0.3, 0.4) is 0 Å². The third-order valence-corrected chi connectivity index (χ3v) is 5.11. The first kappa shape index (κ1) is 18.0. The van der Waals surface area contributed by atoms with Gasteiger partial charge in [0.15, 0.2) is 5.82 Å². The second-order valence-corrected chi connectivity index (χ2v) is 7.13. The number of carbonyl (C=O) groups excluding carboxylic acids is 2. The van der Waals surface area contributed by atoms with Crippen LogP contribution in [-0.4, -0.2) is 20.7 Å². The minimum atomic E-state index is -0.390. The van der Waals surface area contributed by atoms with Gasteiger partial charge in [0.25, 0.3) is 16.7 Å². The number of para-hydroxylation sites is 1. The summed E-state index contributed by atoms with van der Waals surface area (Å²) in [4.78, 5) is 39.4. The highest BCUT2D eigenvalue weighted by molar-refractivity contribution is 8.18. The molecule has 1 aliphatic rings. The molecule has 1 saturated heterocycles. The van der Waals surface area contributed by atoms with Crippen molar-refractivity contribution in [2.75, 3.05) is 0 Å². The average Bonchev–Trinajstić information content (AvgIpc) is 3.01.